The van der Waals surface area contributed by atoms with Gasteiger partial charge < -0.3 is 0 Å². The van der Waals surface area contributed by atoms with E-state index in [0.29, 0.717) is 12.0 Å². The fourth-order valence-electron chi connectivity index (χ4n) is 3.89. The van der Waals surface area contributed by atoms with Gasteiger partial charge in [0.25, 0.3) is 0 Å². The Labute approximate surface area is 135 Å². The lowest BCUT2D eigenvalue weighted by atomic mass is 9.83. The predicted octanol–water partition coefficient (Wildman–Crippen LogP) is 5.41. The lowest BCUT2D eigenvalue weighted by molar-refractivity contribution is 0.139. The Morgan fingerprint density at radius 3 is 1.86 bits per heavy atom. The van der Waals surface area contributed by atoms with Crippen molar-refractivity contribution >= 4 is 0 Å². The Morgan fingerprint density at radius 2 is 1.32 bits per heavy atom. The molecule has 1 aliphatic rings. The van der Waals surface area contributed by atoms with Crippen molar-refractivity contribution in [2.24, 2.45) is 0 Å². The van der Waals surface area contributed by atoms with Crippen LogP contribution in [0.1, 0.15) is 55.7 Å². The van der Waals surface area contributed by atoms with Crippen LogP contribution in [0.15, 0.2) is 60.7 Å². The fraction of sp³-hybridized carbons (Fsp3) is 0.429. The van der Waals surface area contributed by atoms with Gasteiger partial charge in [-0.05, 0) is 43.5 Å². The van der Waals surface area contributed by atoms with E-state index in [4.69, 9.17) is 0 Å². The summed E-state index contributed by atoms with van der Waals surface area (Å²) in [6, 6.07) is 22.7. The van der Waals surface area contributed by atoms with Crippen LogP contribution in [-0.4, -0.2) is 18.0 Å². The summed E-state index contributed by atoms with van der Waals surface area (Å²) in [6.45, 7) is 4.81. The molecule has 1 nitrogen and oxygen atoms in total. The Hall–Kier alpha value is -1.60. The third kappa shape index (κ3) is 3.41. The Bertz CT molecular complexity index is 543. The molecule has 1 saturated heterocycles. The van der Waals surface area contributed by atoms with Gasteiger partial charge in [-0.2, -0.15) is 0 Å². The van der Waals surface area contributed by atoms with Crippen molar-refractivity contribution in [2.75, 3.05) is 13.1 Å². The topological polar surface area (TPSA) is 3.24 Å². The maximum absolute atomic E-state index is 2.72. The molecule has 1 fully saturated rings. The highest BCUT2D eigenvalue weighted by Gasteiger charge is 2.29. The molecule has 0 bridgehead atoms. The highest BCUT2D eigenvalue weighted by molar-refractivity contribution is 5.28. The summed E-state index contributed by atoms with van der Waals surface area (Å²) in [5.41, 5.74) is 2.95. The molecule has 1 heterocycles. The zero-order chi connectivity index (χ0) is 15.2. The fourth-order valence-corrected chi connectivity index (χ4v) is 3.89. The SMILES string of the molecule is CCC(c1ccccc1)C(c1ccccc1)N1CCCCC1. The van der Waals surface area contributed by atoms with E-state index in [-0.39, 0.29) is 0 Å². The van der Waals surface area contributed by atoms with Gasteiger partial charge >= 0.3 is 0 Å². The molecule has 2 unspecified atom stereocenters. The first kappa shape index (κ1) is 15.3. The van der Waals surface area contributed by atoms with Crippen molar-refractivity contribution in [3.8, 4) is 0 Å². The van der Waals surface area contributed by atoms with Crippen LogP contribution in [0.2, 0.25) is 0 Å². The number of rotatable bonds is 5. The van der Waals surface area contributed by atoms with Crippen LogP contribution in [0.4, 0.5) is 0 Å². The summed E-state index contributed by atoms with van der Waals surface area (Å²) < 4.78 is 0. The monoisotopic (exact) mass is 293 g/mol. The van der Waals surface area contributed by atoms with Crippen LogP contribution in [0.3, 0.4) is 0 Å². The molecule has 0 amide bonds. The molecule has 2 atom stereocenters. The molecule has 1 aliphatic heterocycles. The largest absolute Gasteiger partial charge is 0.296 e. The predicted molar refractivity (Wildman–Crippen MR) is 94.1 cm³/mol. The molecule has 22 heavy (non-hydrogen) atoms. The number of hydrogen-bond donors (Lipinski definition) is 0. The van der Waals surface area contributed by atoms with Crippen LogP contribution < -0.4 is 0 Å². The first-order valence-corrected chi connectivity index (χ1v) is 8.74. The summed E-state index contributed by atoms with van der Waals surface area (Å²) in [4.78, 5) is 2.72. The maximum Gasteiger partial charge on any atom is 0.0416 e. The first-order chi connectivity index (χ1) is 10.9. The minimum atomic E-state index is 0.508. The summed E-state index contributed by atoms with van der Waals surface area (Å²) in [7, 11) is 0. The van der Waals surface area contributed by atoms with Gasteiger partial charge in [0.2, 0.25) is 0 Å². The van der Waals surface area contributed by atoms with E-state index in [2.05, 4.69) is 72.5 Å². The van der Waals surface area contributed by atoms with Gasteiger partial charge in [-0.3, -0.25) is 4.90 Å². The highest BCUT2D eigenvalue weighted by atomic mass is 15.2. The number of benzene rings is 2. The van der Waals surface area contributed by atoms with Gasteiger partial charge in [-0.25, -0.2) is 0 Å². The smallest absolute Gasteiger partial charge is 0.0416 e. The van der Waals surface area contributed by atoms with E-state index >= 15 is 0 Å². The zero-order valence-electron chi connectivity index (χ0n) is 13.6. The average molecular weight is 293 g/mol. The Morgan fingerprint density at radius 1 is 0.773 bits per heavy atom. The van der Waals surface area contributed by atoms with Crippen LogP contribution >= 0.6 is 0 Å². The summed E-state index contributed by atoms with van der Waals surface area (Å²) in [6.07, 6.45) is 5.25. The van der Waals surface area contributed by atoms with E-state index < -0.39 is 0 Å². The summed E-state index contributed by atoms with van der Waals surface area (Å²) >= 11 is 0. The maximum atomic E-state index is 2.72. The Kier molecular flexibility index (Phi) is 5.29. The molecule has 0 spiro atoms. The van der Waals surface area contributed by atoms with Crippen molar-refractivity contribution in [1.82, 2.24) is 4.90 Å². The molecule has 0 aliphatic carbocycles. The minimum absolute atomic E-state index is 0.508. The molecule has 0 N–H and O–H groups in total. The number of nitrogens with zero attached hydrogens (tertiary/aromatic N) is 1. The normalized spacial score (nSPS) is 18.8. The van der Waals surface area contributed by atoms with Crippen molar-refractivity contribution in [3.63, 3.8) is 0 Å². The van der Waals surface area contributed by atoms with Gasteiger partial charge in [0.15, 0.2) is 0 Å². The van der Waals surface area contributed by atoms with Gasteiger partial charge in [0.05, 0.1) is 0 Å². The second kappa shape index (κ2) is 7.60. The molecule has 0 aromatic heterocycles. The molecule has 116 valence electrons. The lowest BCUT2D eigenvalue weighted by Gasteiger charge is -2.39. The molecule has 3 rings (SSSR count). The first-order valence-electron chi connectivity index (χ1n) is 8.74. The summed E-state index contributed by atoms with van der Waals surface area (Å²) in [5.74, 6) is 0.571. The van der Waals surface area contributed by atoms with E-state index in [9.17, 15) is 0 Å². The van der Waals surface area contributed by atoms with Crippen molar-refractivity contribution in [3.05, 3.63) is 71.8 Å². The second-order valence-corrected chi connectivity index (χ2v) is 6.38. The standard InChI is InChI=1S/C21H27N/c1-2-20(18-12-6-3-7-13-18)21(19-14-8-4-9-15-19)22-16-10-5-11-17-22/h3-4,6-9,12-15,20-21H,2,5,10-11,16-17H2,1H3. The van der Waals surface area contributed by atoms with E-state index in [1.165, 1.54) is 49.9 Å². The molecule has 0 saturated carbocycles. The molecular weight excluding hydrogens is 266 g/mol. The Balaban J connectivity index is 1.96. The molecule has 0 radical (unpaired) electrons. The van der Waals surface area contributed by atoms with E-state index in [1.807, 2.05) is 0 Å². The number of hydrogen-bond acceptors (Lipinski definition) is 1. The van der Waals surface area contributed by atoms with Crippen LogP contribution in [0, 0.1) is 0 Å². The molecule has 2 aromatic rings. The van der Waals surface area contributed by atoms with Crippen LogP contribution in [-0.2, 0) is 0 Å². The van der Waals surface area contributed by atoms with E-state index in [1.54, 1.807) is 0 Å². The van der Waals surface area contributed by atoms with Crippen molar-refractivity contribution < 1.29 is 0 Å². The average Bonchev–Trinajstić information content (AvgIpc) is 2.62. The van der Waals surface area contributed by atoms with Gasteiger partial charge in [0.1, 0.15) is 0 Å². The van der Waals surface area contributed by atoms with Gasteiger partial charge in [-0.1, -0.05) is 74.0 Å². The van der Waals surface area contributed by atoms with Crippen molar-refractivity contribution in [1.29, 1.82) is 0 Å². The zero-order valence-corrected chi connectivity index (χ0v) is 13.6. The quantitative estimate of drug-likeness (QED) is 0.712. The second-order valence-electron chi connectivity index (χ2n) is 6.38. The van der Waals surface area contributed by atoms with Crippen molar-refractivity contribution in [2.45, 2.75) is 44.6 Å². The van der Waals surface area contributed by atoms with Gasteiger partial charge in [-0.15, -0.1) is 0 Å². The number of piperidine rings is 1. The van der Waals surface area contributed by atoms with Gasteiger partial charge in [0, 0.05) is 12.0 Å². The van der Waals surface area contributed by atoms with Crippen LogP contribution in [0.25, 0.3) is 0 Å². The summed E-state index contributed by atoms with van der Waals surface area (Å²) in [5, 5.41) is 0. The third-order valence-electron chi connectivity index (χ3n) is 4.97. The lowest BCUT2D eigenvalue weighted by Crippen LogP contribution is -2.36. The van der Waals surface area contributed by atoms with E-state index in [0.717, 1.165) is 0 Å². The minimum Gasteiger partial charge on any atom is -0.296 e. The molecular formula is C21H27N. The molecule has 2 aromatic carbocycles. The highest BCUT2D eigenvalue weighted by Crippen LogP contribution is 2.39. The molecule has 1 heteroatoms. The third-order valence-corrected chi connectivity index (χ3v) is 4.97. The number of likely N-dealkylation sites (tertiary alicyclic amines) is 1. The van der Waals surface area contributed by atoms with Crippen LogP contribution in [0.5, 0.6) is 0 Å².